The second-order valence-corrected chi connectivity index (χ2v) is 5.34. The van der Waals surface area contributed by atoms with Crippen molar-refractivity contribution in [3.8, 4) is 0 Å². The van der Waals surface area contributed by atoms with Gasteiger partial charge in [0.05, 0.1) is 9.98 Å². The predicted octanol–water partition coefficient (Wildman–Crippen LogP) is 3.24. The Morgan fingerprint density at radius 2 is 2.31 bits per heavy atom. The van der Waals surface area contributed by atoms with E-state index in [0.717, 1.165) is 25.1 Å². The summed E-state index contributed by atoms with van der Waals surface area (Å²) < 4.78 is 2.12. The lowest BCUT2D eigenvalue weighted by Gasteiger charge is -2.04. The molecule has 1 aromatic heterocycles. The van der Waals surface area contributed by atoms with Gasteiger partial charge < -0.3 is 0 Å². The van der Waals surface area contributed by atoms with E-state index in [-0.39, 0.29) is 4.29 Å². The van der Waals surface area contributed by atoms with Gasteiger partial charge in [0.15, 0.2) is 0 Å². The van der Waals surface area contributed by atoms with Gasteiger partial charge in [0, 0.05) is 12.2 Å². The van der Waals surface area contributed by atoms with Crippen LogP contribution in [0.2, 0.25) is 0 Å². The molecule has 0 aliphatic heterocycles. The standard InChI is InChI=1S/C9H14BrClN2/c1-7-6-8(2)13(12-7)5-3-4-9(10)11/h6,9H,3-5H2,1-2H3. The van der Waals surface area contributed by atoms with Crippen LogP contribution in [0.5, 0.6) is 0 Å². The zero-order valence-corrected chi connectivity index (χ0v) is 10.3. The van der Waals surface area contributed by atoms with E-state index in [0.29, 0.717) is 0 Å². The molecule has 0 aliphatic carbocycles. The highest BCUT2D eigenvalue weighted by molar-refractivity contribution is 9.10. The van der Waals surface area contributed by atoms with Crippen LogP contribution in [-0.4, -0.2) is 14.1 Å². The molecule has 0 saturated heterocycles. The molecule has 0 N–H and O–H groups in total. The first kappa shape index (κ1) is 11.1. The SMILES string of the molecule is Cc1cc(C)n(CCCC(Cl)Br)n1. The molecule has 0 aromatic carbocycles. The fourth-order valence-electron chi connectivity index (χ4n) is 1.30. The molecule has 13 heavy (non-hydrogen) atoms. The van der Waals surface area contributed by atoms with Crippen molar-refractivity contribution in [2.45, 2.75) is 37.5 Å². The van der Waals surface area contributed by atoms with Crippen molar-refractivity contribution in [2.24, 2.45) is 0 Å². The monoisotopic (exact) mass is 264 g/mol. The molecule has 74 valence electrons. The molecule has 0 radical (unpaired) electrons. The van der Waals surface area contributed by atoms with Gasteiger partial charge in [-0.1, -0.05) is 15.9 Å². The maximum absolute atomic E-state index is 5.78. The van der Waals surface area contributed by atoms with Crippen molar-refractivity contribution in [1.82, 2.24) is 9.78 Å². The predicted molar refractivity (Wildman–Crippen MR) is 59.5 cm³/mol. The topological polar surface area (TPSA) is 17.8 Å². The molecular weight excluding hydrogens is 251 g/mol. The molecule has 0 spiro atoms. The van der Waals surface area contributed by atoms with E-state index in [1.54, 1.807) is 0 Å². The molecule has 1 unspecified atom stereocenters. The van der Waals surface area contributed by atoms with E-state index in [2.05, 4.69) is 34.0 Å². The Hall–Kier alpha value is -0.0200. The summed E-state index contributed by atoms with van der Waals surface area (Å²) in [4.78, 5) is 0. The molecule has 1 aromatic rings. The minimum absolute atomic E-state index is 0.0875. The Labute approximate surface area is 92.4 Å². The minimum Gasteiger partial charge on any atom is -0.270 e. The highest BCUT2D eigenvalue weighted by Crippen LogP contribution is 2.13. The molecule has 1 atom stereocenters. The van der Waals surface area contributed by atoms with Crippen molar-refractivity contribution in [3.05, 3.63) is 17.5 Å². The number of hydrogen-bond acceptors (Lipinski definition) is 1. The number of rotatable bonds is 4. The van der Waals surface area contributed by atoms with Crippen molar-refractivity contribution in [1.29, 1.82) is 0 Å². The van der Waals surface area contributed by atoms with E-state index < -0.39 is 0 Å². The van der Waals surface area contributed by atoms with Crippen molar-refractivity contribution >= 4 is 27.5 Å². The quantitative estimate of drug-likeness (QED) is 0.764. The summed E-state index contributed by atoms with van der Waals surface area (Å²) in [6.07, 6.45) is 2.03. The number of halogens is 2. The lowest BCUT2D eigenvalue weighted by Crippen LogP contribution is -2.03. The zero-order chi connectivity index (χ0) is 9.84. The summed E-state index contributed by atoms with van der Waals surface area (Å²) in [5.74, 6) is 0. The Morgan fingerprint density at radius 1 is 1.62 bits per heavy atom. The van der Waals surface area contributed by atoms with Crippen LogP contribution in [0, 0.1) is 13.8 Å². The molecule has 0 aliphatic rings. The van der Waals surface area contributed by atoms with Crippen LogP contribution in [0.25, 0.3) is 0 Å². The van der Waals surface area contributed by atoms with Crippen LogP contribution in [0.15, 0.2) is 6.07 Å². The van der Waals surface area contributed by atoms with Gasteiger partial charge in [-0.05, 0) is 32.8 Å². The second-order valence-electron chi connectivity index (χ2n) is 3.18. The number of nitrogens with zero attached hydrogens (tertiary/aromatic N) is 2. The molecule has 2 nitrogen and oxygen atoms in total. The van der Waals surface area contributed by atoms with Gasteiger partial charge in [-0.2, -0.15) is 5.10 Å². The van der Waals surface area contributed by atoms with Crippen LogP contribution in [0.1, 0.15) is 24.2 Å². The molecule has 1 heterocycles. The van der Waals surface area contributed by atoms with E-state index in [1.807, 2.05) is 11.6 Å². The molecular formula is C9H14BrClN2. The highest BCUT2D eigenvalue weighted by atomic mass is 79.9. The smallest absolute Gasteiger partial charge is 0.0886 e. The first-order valence-electron chi connectivity index (χ1n) is 4.39. The van der Waals surface area contributed by atoms with Gasteiger partial charge in [-0.3, -0.25) is 4.68 Å². The fourth-order valence-corrected chi connectivity index (χ4v) is 1.77. The summed E-state index contributed by atoms with van der Waals surface area (Å²) >= 11 is 9.08. The first-order chi connectivity index (χ1) is 6.09. The van der Waals surface area contributed by atoms with Crippen LogP contribution in [0.4, 0.5) is 0 Å². The fraction of sp³-hybridized carbons (Fsp3) is 0.667. The Kier molecular flexibility index (Phi) is 4.26. The largest absolute Gasteiger partial charge is 0.270 e. The van der Waals surface area contributed by atoms with Gasteiger partial charge >= 0.3 is 0 Å². The van der Waals surface area contributed by atoms with Crippen LogP contribution < -0.4 is 0 Å². The number of alkyl halides is 2. The lowest BCUT2D eigenvalue weighted by atomic mass is 10.3. The normalized spacial score (nSPS) is 13.2. The molecule has 0 amide bonds. The van der Waals surface area contributed by atoms with Crippen LogP contribution in [0.3, 0.4) is 0 Å². The number of aryl methyl sites for hydroxylation is 3. The summed E-state index contributed by atoms with van der Waals surface area (Å²) in [5.41, 5.74) is 2.30. The minimum atomic E-state index is 0.0875. The van der Waals surface area contributed by atoms with Gasteiger partial charge in [0.25, 0.3) is 0 Å². The maximum atomic E-state index is 5.78. The summed E-state index contributed by atoms with van der Waals surface area (Å²) in [7, 11) is 0. The summed E-state index contributed by atoms with van der Waals surface area (Å²) in [6.45, 7) is 5.04. The molecule has 0 fully saturated rings. The van der Waals surface area contributed by atoms with E-state index in [4.69, 9.17) is 11.6 Å². The Morgan fingerprint density at radius 3 is 2.77 bits per heavy atom. The summed E-state index contributed by atoms with van der Waals surface area (Å²) in [6, 6.07) is 2.09. The lowest BCUT2D eigenvalue weighted by molar-refractivity contribution is 0.554. The van der Waals surface area contributed by atoms with E-state index in [9.17, 15) is 0 Å². The van der Waals surface area contributed by atoms with Crippen molar-refractivity contribution < 1.29 is 0 Å². The number of aromatic nitrogens is 2. The van der Waals surface area contributed by atoms with Gasteiger partial charge in [0.1, 0.15) is 0 Å². The van der Waals surface area contributed by atoms with E-state index >= 15 is 0 Å². The van der Waals surface area contributed by atoms with Crippen LogP contribution in [-0.2, 0) is 6.54 Å². The second kappa shape index (κ2) is 5.01. The molecule has 4 heteroatoms. The Bertz CT molecular complexity index is 271. The van der Waals surface area contributed by atoms with Crippen molar-refractivity contribution in [2.75, 3.05) is 0 Å². The number of hydrogen-bond donors (Lipinski definition) is 0. The van der Waals surface area contributed by atoms with Gasteiger partial charge in [0.2, 0.25) is 0 Å². The highest BCUT2D eigenvalue weighted by Gasteiger charge is 2.02. The third-order valence-corrected chi connectivity index (χ3v) is 2.57. The van der Waals surface area contributed by atoms with Gasteiger partial charge in [-0.15, -0.1) is 11.6 Å². The Balaban J connectivity index is 2.40. The van der Waals surface area contributed by atoms with Gasteiger partial charge in [-0.25, -0.2) is 0 Å². The molecule has 0 saturated carbocycles. The summed E-state index contributed by atoms with van der Waals surface area (Å²) in [5, 5.41) is 4.37. The zero-order valence-electron chi connectivity index (χ0n) is 7.93. The third-order valence-electron chi connectivity index (χ3n) is 1.90. The molecule has 1 rings (SSSR count). The van der Waals surface area contributed by atoms with E-state index in [1.165, 1.54) is 5.69 Å². The molecule has 0 bridgehead atoms. The average molecular weight is 266 g/mol. The van der Waals surface area contributed by atoms with Crippen molar-refractivity contribution in [3.63, 3.8) is 0 Å². The third kappa shape index (κ3) is 3.69. The maximum Gasteiger partial charge on any atom is 0.0886 e. The van der Waals surface area contributed by atoms with Crippen LogP contribution >= 0.6 is 27.5 Å². The average Bonchev–Trinajstić information content (AvgIpc) is 2.29. The first-order valence-corrected chi connectivity index (χ1v) is 5.74.